The van der Waals surface area contributed by atoms with Gasteiger partial charge in [0.05, 0.1) is 0 Å². The molecule has 0 aromatic carbocycles. The number of carbonyl (C=O) groups excluding carboxylic acids is 1. The summed E-state index contributed by atoms with van der Waals surface area (Å²) >= 11 is 0. The first-order valence-electron chi connectivity index (χ1n) is 7.85. The lowest BCUT2D eigenvalue weighted by Gasteiger charge is -2.32. The van der Waals surface area contributed by atoms with Crippen molar-refractivity contribution < 1.29 is 4.79 Å². The summed E-state index contributed by atoms with van der Waals surface area (Å²) in [5, 5.41) is 3.00. The lowest BCUT2D eigenvalue weighted by atomic mass is 10.0. The summed E-state index contributed by atoms with van der Waals surface area (Å²) in [7, 11) is 0. The van der Waals surface area contributed by atoms with Gasteiger partial charge in [-0.2, -0.15) is 0 Å². The molecule has 5 nitrogen and oxygen atoms in total. The first-order valence-corrected chi connectivity index (χ1v) is 7.85. The predicted octanol–water partition coefficient (Wildman–Crippen LogP) is 1.29. The van der Waals surface area contributed by atoms with Gasteiger partial charge in [-0.05, 0) is 50.7 Å². The molecule has 2 aliphatic rings. The number of H-pyrrole nitrogens is 1. The van der Waals surface area contributed by atoms with Crippen LogP contribution in [0, 0.1) is 12.8 Å². The van der Waals surface area contributed by atoms with Crippen molar-refractivity contribution >= 4 is 5.91 Å². The third kappa shape index (κ3) is 3.73. The van der Waals surface area contributed by atoms with Crippen LogP contribution in [0.25, 0.3) is 0 Å². The molecule has 1 aromatic rings. The number of likely N-dealkylation sites (tertiary alicyclic amines) is 1. The Morgan fingerprint density at radius 2 is 2.00 bits per heavy atom. The van der Waals surface area contributed by atoms with E-state index in [0.717, 1.165) is 37.5 Å². The molecule has 0 bridgehead atoms. The molecule has 2 heterocycles. The molecule has 1 saturated heterocycles. The van der Waals surface area contributed by atoms with Gasteiger partial charge >= 0.3 is 0 Å². The molecule has 3 rings (SSSR count). The van der Waals surface area contributed by atoms with Crippen LogP contribution < -0.4 is 10.9 Å². The second-order valence-electron chi connectivity index (χ2n) is 6.38. The molecule has 0 radical (unpaired) electrons. The van der Waals surface area contributed by atoms with E-state index in [1.165, 1.54) is 19.4 Å². The Morgan fingerprint density at radius 1 is 1.29 bits per heavy atom. The number of amides is 1. The Labute approximate surface area is 124 Å². The molecule has 21 heavy (non-hydrogen) atoms. The number of pyridine rings is 1. The van der Waals surface area contributed by atoms with Gasteiger partial charge in [0.2, 0.25) is 0 Å². The highest BCUT2D eigenvalue weighted by molar-refractivity contribution is 5.93. The van der Waals surface area contributed by atoms with Gasteiger partial charge in [0.15, 0.2) is 0 Å². The van der Waals surface area contributed by atoms with Crippen molar-refractivity contribution in [3.63, 3.8) is 0 Å². The van der Waals surface area contributed by atoms with Gasteiger partial charge in [0, 0.05) is 31.4 Å². The molecular weight excluding hydrogens is 266 g/mol. The van der Waals surface area contributed by atoms with Crippen molar-refractivity contribution in [2.45, 2.75) is 38.6 Å². The number of carbonyl (C=O) groups is 1. The summed E-state index contributed by atoms with van der Waals surface area (Å²) in [6, 6.07) is 3.55. The topological polar surface area (TPSA) is 65.2 Å². The van der Waals surface area contributed by atoms with Gasteiger partial charge in [-0.1, -0.05) is 0 Å². The zero-order valence-corrected chi connectivity index (χ0v) is 12.5. The molecule has 1 aliphatic carbocycles. The van der Waals surface area contributed by atoms with Crippen molar-refractivity contribution in [1.29, 1.82) is 0 Å². The van der Waals surface area contributed by atoms with Gasteiger partial charge in [0.1, 0.15) is 5.56 Å². The summed E-state index contributed by atoms with van der Waals surface area (Å²) in [4.78, 5) is 29.1. The van der Waals surface area contributed by atoms with Gasteiger partial charge in [-0.3, -0.25) is 9.59 Å². The van der Waals surface area contributed by atoms with E-state index < -0.39 is 0 Å². The van der Waals surface area contributed by atoms with Crippen LogP contribution in [-0.2, 0) is 0 Å². The minimum atomic E-state index is -0.307. The lowest BCUT2D eigenvalue weighted by molar-refractivity contribution is 0.0908. The van der Waals surface area contributed by atoms with Crippen molar-refractivity contribution in [3.8, 4) is 0 Å². The quantitative estimate of drug-likeness (QED) is 0.878. The number of nitrogens with one attached hydrogen (secondary N) is 2. The Bertz CT molecular complexity index is 569. The van der Waals surface area contributed by atoms with E-state index in [0.29, 0.717) is 0 Å². The maximum atomic E-state index is 12.2. The van der Waals surface area contributed by atoms with Gasteiger partial charge in [-0.15, -0.1) is 0 Å². The highest BCUT2D eigenvalue weighted by atomic mass is 16.2. The number of aromatic amines is 1. The van der Waals surface area contributed by atoms with E-state index in [4.69, 9.17) is 0 Å². The van der Waals surface area contributed by atoms with E-state index in [-0.39, 0.29) is 23.1 Å². The molecular formula is C16H23N3O2. The van der Waals surface area contributed by atoms with Gasteiger partial charge in [-0.25, -0.2) is 0 Å². The molecule has 1 aromatic heterocycles. The van der Waals surface area contributed by atoms with Gasteiger partial charge in [0.25, 0.3) is 11.5 Å². The zero-order chi connectivity index (χ0) is 14.8. The van der Waals surface area contributed by atoms with Crippen molar-refractivity contribution in [2.75, 3.05) is 19.6 Å². The molecule has 2 fully saturated rings. The average Bonchev–Trinajstić information content (AvgIpc) is 3.25. The average molecular weight is 289 g/mol. The number of aromatic nitrogens is 1. The van der Waals surface area contributed by atoms with Crippen LogP contribution in [0.3, 0.4) is 0 Å². The van der Waals surface area contributed by atoms with Gasteiger partial charge < -0.3 is 15.2 Å². The predicted molar refractivity (Wildman–Crippen MR) is 81.5 cm³/mol. The van der Waals surface area contributed by atoms with E-state index in [9.17, 15) is 9.59 Å². The van der Waals surface area contributed by atoms with E-state index >= 15 is 0 Å². The number of rotatable bonds is 4. The molecule has 0 spiro atoms. The van der Waals surface area contributed by atoms with Crippen LogP contribution in [0.5, 0.6) is 0 Å². The van der Waals surface area contributed by atoms with Crippen LogP contribution in [-0.4, -0.2) is 41.5 Å². The zero-order valence-electron chi connectivity index (χ0n) is 12.5. The molecule has 0 atom stereocenters. The fourth-order valence-electron chi connectivity index (χ4n) is 2.94. The Kier molecular flexibility index (Phi) is 4.10. The van der Waals surface area contributed by atoms with Crippen LogP contribution in [0.2, 0.25) is 0 Å². The molecule has 0 unspecified atom stereocenters. The molecule has 114 valence electrons. The molecule has 1 saturated carbocycles. The second kappa shape index (κ2) is 6.02. The highest BCUT2D eigenvalue weighted by Gasteiger charge is 2.27. The molecule has 1 aliphatic heterocycles. The third-order valence-corrected chi connectivity index (χ3v) is 4.44. The van der Waals surface area contributed by atoms with Crippen molar-refractivity contribution in [3.05, 3.63) is 33.7 Å². The standard InChI is InChI=1S/C16H23N3O2/c1-11-2-5-14(15(20)17-11)16(21)18-13-6-8-19(9-7-13)10-12-3-4-12/h2,5,12-13H,3-4,6-10H2,1H3,(H,17,20)(H,18,21). The van der Waals surface area contributed by atoms with E-state index in [1.54, 1.807) is 19.1 Å². The maximum absolute atomic E-state index is 12.2. The summed E-state index contributed by atoms with van der Waals surface area (Å²) in [6.07, 6.45) is 4.71. The van der Waals surface area contributed by atoms with E-state index in [2.05, 4.69) is 15.2 Å². The number of hydrogen-bond donors (Lipinski definition) is 2. The Hall–Kier alpha value is -1.62. The molecule has 5 heteroatoms. The third-order valence-electron chi connectivity index (χ3n) is 4.44. The molecule has 1 amide bonds. The van der Waals surface area contributed by atoms with Crippen molar-refractivity contribution in [1.82, 2.24) is 15.2 Å². The van der Waals surface area contributed by atoms with Crippen molar-refractivity contribution in [2.24, 2.45) is 5.92 Å². The lowest BCUT2D eigenvalue weighted by Crippen LogP contribution is -2.46. The first-order chi connectivity index (χ1) is 10.1. The number of hydrogen-bond acceptors (Lipinski definition) is 3. The summed E-state index contributed by atoms with van der Waals surface area (Å²) in [5.74, 6) is 0.666. The maximum Gasteiger partial charge on any atom is 0.260 e. The highest BCUT2D eigenvalue weighted by Crippen LogP contribution is 2.30. The summed E-state index contributed by atoms with van der Waals surface area (Å²) in [6.45, 7) is 5.12. The van der Waals surface area contributed by atoms with E-state index in [1.807, 2.05) is 0 Å². The first kappa shape index (κ1) is 14.3. The Balaban J connectivity index is 1.52. The van der Waals surface area contributed by atoms with Crippen LogP contribution >= 0.6 is 0 Å². The second-order valence-corrected chi connectivity index (χ2v) is 6.38. The fraction of sp³-hybridized carbons (Fsp3) is 0.625. The Morgan fingerprint density at radius 3 is 2.62 bits per heavy atom. The largest absolute Gasteiger partial charge is 0.349 e. The van der Waals surface area contributed by atoms with Crippen LogP contribution in [0.15, 0.2) is 16.9 Å². The SMILES string of the molecule is Cc1ccc(C(=O)NC2CCN(CC3CC3)CC2)c(=O)[nH]1. The number of nitrogens with zero attached hydrogens (tertiary/aromatic N) is 1. The minimum Gasteiger partial charge on any atom is -0.349 e. The summed E-state index contributed by atoms with van der Waals surface area (Å²) < 4.78 is 0. The number of piperidine rings is 1. The monoisotopic (exact) mass is 289 g/mol. The normalized spacial score (nSPS) is 20.4. The fourth-order valence-corrected chi connectivity index (χ4v) is 2.94. The smallest absolute Gasteiger partial charge is 0.260 e. The number of aryl methyl sites for hydroxylation is 1. The molecule has 2 N–H and O–H groups in total. The van der Waals surface area contributed by atoms with Crippen LogP contribution in [0.1, 0.15) is 41.7 Å². The van der Waals surface area contributed by atoms with Crippen LogP contribution in [0.4, 0.5) is 0 Å². The summed E-state index contributed by atoms with van der Waals surface area (Å²) in [5.41, 5.74) is 0.671. The minimum absolute atomic E-state index is 0.189.